The largest absolute Gasteiger partial charge is 0.381 e. The Kier molecular flexibility index (Phi) is 5.37. The molecule has 7 heteroatoms. The number of likely N-dealkylation sites (tertiary alicyclic amines) is 1. The van der Waals surface area contributed by atoms with Crippen LogP contribution < -0.4 is 0 Å². The van der Waals surface area contributed by atoms with E-state index in [1.54, 1.807) is 11.8 Å². The third-order valence-electron chi connectivity index (χ3n) is 3.84. The molecule has 1 aromatic carbocycles. The molecule has 1 aromatic rings. The molecule has 0 unspecified atom stereocenters. The number of hydrogen-bond acceptors (Lipinski definition) is 4. The molecule has 0 radical (unpaired) electrons. The maximum Gasteiger partial charge on any atom is 0.273 e. The van der Waals surface area contributed by atoms with E-state index < -0.39 is 4.92 Å². The average molecular weight is 327 g/mol. The first kappa shape index (κ1) is 16.7. The van der Waals surface area contributed by atoms with Gasteiger partial charge in [0.05, 0.1) is 22.1 Å². The topological polar surface area (TPSA) is 72.7 Å². The van der Waals surface area contributed by atoms with E-state index in [-0.39, 0.29) is 22.2 Å². The Bertz CT molecular complexity index is 591. The van der Waals surface area contributed by atoms with Crippen LogP contribution >= 0.6 is 11.6 Å². The van der Waals surface area contributed by atoms with Gasteiger partial charge in [-0.3, -0.25) is 14.9 Å². The van der Waals surface area contributed by atoms with E-state index in [0.717, 1.165) is 6.42 Å². The van der Waals surface area contributed by atoms with E-state index in [1.807, 2.05) is 6.92 Å². The maximum absolute atomic E-state index is 12.6. The highest BCUT2D eigenvalue weighted by Gasteiger charge is 2.29. The van der Waals surface area contributed by atoms with Crippen LogP contribution in [0, 0.1) is 23.0 Å². The van der Waals surface area contributed by atoms with Gasteiger partial charge in [0.2, 0.25) is 0 Å². The highest BCUT2D eigenvalue weighted by molar-refractivity contribution is 6.34. The lowest BCUT2D eigenvalue weighted by molar-refractivity contribution is -0.385. The Balaban J connectivity index is 2.16. The first-order valence-corrected chi connectivity index (χ1v) is 7.63. The molecule has 22 heavy (non-hydrogen) atoms. The minimum absolute atomic E-state index is 0.0854. The van der Waals surface area contributed by atoms with Crippen molar-refractivity contribution in [1.29, 1.82) is 0 Å². The zero-order chi connectivity index (χ0) is 16.3. The number of carbonyl (C=O) groups excluding carboxylic acids is 1. The fraction of sp³-hybridized carbons (Fsp3) is 0.533. The van der Waals surface area contributed by atoms with Crippen molar-refractivity contribution < 1.29 is 14.5 Å². The van der Waals surface area contributed by atoms with E-state index >= 15 is 0 Å². The molecule has 1 amide bonds. The number of amides is 1. The fourth-order valence-corrected chi connectivity index (χ4v) is 2.93. The number of ether oxygens (including phenoxy) is 1. The molecule has 0 bridgehead atoms. The second kappa shape index (κ2) is 7.07. The normalized spacial score (nSPS) is 17.8. The quantitative estimate of drug-likeness (QED) is 0.615. The average Bonchev–Trinajstić information content (AvgIpc) is 2.93. The van der Waals surface area contributed by atoms with Crippen LogP contribution in [0.15, 0.2) is 12.1 Å². The van der Waals surface area contributed by atoms with Crippen LogP contribution in [0.4, 0.5) is 5.69 Å². The molecule has 0 aromatic heterocycles. The van der Waals surface area contributed by atoms with Gasteiger partial charge in [-0.05, 0) is 26.3 Å². The lowest BCUT2D eigenvalue weighted by Gasteiger charge is -2.17. The Morgan fingerprint density at radius 1 is 1.55 bits per heavy atom. The van der Waals surface area contributed by atoms with Crippen molar-refractivity contribution in [3.63, 3.8) is 0 Å². The minimum Gasteiger partial charge on any atom is -0.381 e. The first-order chi connectivity index (χ1) is 10.4. The Morgan fingerprint density at radius 3 is 2.91 bits per heavy atom. The summed E-state index contributed by atoms with van der Waals surface area (Å²) >= 11 is 6.10. The molecule has 1 fully saturated rings. The van der Waals surface area contributed by atoms with E-state index in [1.165, 1.54) is 12.1 Å². The first-order valence-electron chi connectivity index (χ1n) is 7.25. The van der Waals surface area contributed by atoms with Gasteiger partial charge in [-0.25, -0.2) is 0 Å². The third kappa shape index (κ3) is 3.56. The van der Waals surface area contributed by atoms with E-state index in [4.69, 9.17) is 16.3 Å². The summed E-state index contributed by atoms with van der Waals surface area (Å²) < 4.78 is 5.39. The van der Waals surface area contributed by atoms with Gasteiger partial charge < -0.3 is 9.64 Å². The second-order valence-corrected chi connectivity index (χ2v) is 5.85. The Morgan fingerprint density at radius 2 is 2.27 bits per heavy atom. The smallest absolute Gasteiger partial charge is 0.273 e. The van der Waals surface area contributed by atoms with Gasteiger partial charge in [-0.1, -0.05) is 11.6 Å². The monoisotopic (exact) mass is 326 g/mol. The summed E-state index contributed by atoms with van der Waals surface area (Å²) in [6.45, 7) is 6.03. The molecule has 0 N–H and O–H groups in total. The van der Waals surface area contributed by atoms with Crippen molar-refractivity contribution in [1.82, 2.24) is 4.90 Å². The number of aryl methyl sites for hydroxylation is 1. The lowest BCUT2D eigenvalue weighted by Crippen LogP contribution is -2.29. The highest BCUT2D eigenvalue weighted by Crippen LogP contribution is 2.29. The number of nitro groups is 1. The van der Waals surface area contributed by atoms with Gasteiger partial charge in [0.1, 0.15) is 0 Å². The van der Waals surface area contributed by atoms with E-state index in [2.05, 4.69) is 0 Å². The van der Waals surface area contributed by atoms with Crippen LogP contribution in [0.3, 0.4) is 0 Å². The number of rotatable bonds is 5. The number of halogens is 1. The molecule has 1 heterocycles. The predicted octanol–water partition coefficient (Wildman–Crippen LogP) is 3.06. The molecule has 0 spiro atoms. The van der Waals surface area contributed by atoms with Crippen molar-refractivity contribution in [3.8, 4) is 0 Å². The summed E-state index contributed by atoms with van der Waals surface area (Å²) in [5.74, 6) is 0.0511. The van der Waals surface area contributed by atoms with Gasteiger partial charge in [0.25, 0.3) is 11.6 Å². The molecule has 120 valence electrons. The molecule has 1 saturated heterocycles. The SMILES string of the molecule is CCOC[C@H]1CCN(C(=O)c2cc([N+](=O)[O-])c(C)cc2Cl)C1. The second-order valence-electron chi connectivity index (χ2n) is 5.44. The molecule has 0 aliphatic carbocycles. The lowest BCUT2D eigenvalue weighted by atomic mass is 10.1. The van der Waals surface area contributed by atoms with Crippen molar-refractivity contribution in [2.24, 2.45) is 5.92 Å². The summed E-state index contributed by atoms with van der Waals surface area (Å²) in [4.78, 5) is 24.8. The molecule has 0 saturated carbocycles. The zero-order valence-corrected chi connectivity index (χ0v) is 13.4. The zero-order valence-electron chi connectivity index (χ0n) is 12.7. The third-order valence-corrected chi connectivity index (χ3v) is 4.16. The number of carbonyl (C=O) groups is 1. The number of nitrogens with zero attached hydrogens (tertiary/aromatic N) is 2. The van der Waals surface area contributed by atoms with Gasteiger partial charge in [-0.15, -0.1) is 0 Å². The van der Waals surface area contributed by atoms with E-state index in [0.29, 0.717) is 37.8 Å². The number of benzene rings is 1. The van der Waals surface area contributed by atoms with Crippen LogP contribution in [-0.4, -0.2) is 42.0 Å². The number of nitro benzene ring substituents is 1. The highest BCUT2D eigenvalue weighted by atomic mass is 35.5. The van der Waals surface area contributed by atoms with Gasteiger partial charge in [0.15, 0.2) is 0 Å². The summed E-state index contributed by atoms with van der Waals surface area (Å²) in [6.07, 6.45) is 0.872. The van der Waals surface area contributed by atoms with Gasteiger partial charge >= 0.3 is 0 Å². The van der Waals surface area contributed by atoms with Crippen molar-refractivity contribution in [2.45, 2.75) is 20.3 Å². The summed E-state index contributed by atoms with van der Waals surface area (Å²) in [7, 11) is 0. The molecule has 1 atom stereocenters. The Hall–Kier alpha value is -1.66. The van der Waals surface area contributed by atoms with Crippen molar-refractivity contribution in [3.05, 3.63) is 38.4 Å². The van der Waals surface area contributed by atoms with Crippen LogP contribution in [0.25, 0.3) is 0 Å². The standard InChI is InChI=1S/C15H19ClN2O4/c1-3-22-9-11-4-5-17(8-11)15(19)12-7-14(18(20)21)10(2)6-13(12)16/h6-7,11H,3-5,8-9H2,1-2H3/t11-/m0/s1. The van der Waals surface area contributed by atoms with Gasteiger partial charge in [-0.2, -0.15) is 0 Å². The maximum atomic E-state index is 12.6. The van der Waals surface area contributed by atoms with Gasteiger partial charge in [0, 0.05) is 37.2 Å². The summed E-state index contributed by atoms with van der Waals surface area (Å²) in [6, 6.07) is 2.75. The molecule has 1 aliphatic rings. The van der Waals surface area contributed by atoms with Crippen molar-refractivity contribution in [2.75, 3.05) is 26.3 Å². The molecule has 2 rings (SSSR count). The van der Waals surface area contributed by atoms with Crippen LogP contribution in [0.2, 0.25) is 5.02 Å². The van der Waals surface area contributed by atoms with Crippen LogP contribution in [0.1, 0.15) is 29.3 Å². The predicted molar refractivity (Wildman–Crippen MR) is 83.3 cm³/mol. The van der Waals surface area contributed by atoms with Crippen molar-refractivity contribution >= 4 is 23.2 Å². The molecular weight excluding hydrogens is 308 g/mol. The number of hydrogen-bond donors (Lipinski definition) is 0. The fourth-order valence-electron chi connectivity index (χ4n) is 2.63. The van der Waals surface area contributed by atoms with Crippen LogP contribution in [-0.2, 0) is 4.74 Å². The van der Waals surface area contributed by atoms with Crippen LogP contribution in [0.5, 0.6) is 0 Å². The minimum atomic E-state index is -0.496. The summed E-state index contributed by atoms with van der Waals surface area (Å²) in [5, 5.41) is 11.3. The van der Waals surface area contributed by atoms with E-state index in [9.17, 15) is 14.9 Å². The summed E-state index contributed by atoms with van der Waals surface area (Å²) in [5.41, 5.74) is 0.552. The molecule has 6 nitrogen and oxygen atoms in total. The Labute approximate surface area is 134 Å². The molecular formula is C15H19ClN2O4. The molecule has 1 aliphatic heterocycles.